The number of nitrogens with one attached hydrogen (secondary N) is 1. The van der Waals surface area contributed by atoms with Gasteiger partial charge in [0.2, 0.25) is 5.70 Å². The van der Waals surface area contributed by atoms with Crippen LogP contribution in [0.1, 0.15) is 32.1 Å². The molecule has 1 fully saturated rings. The summed E-state index contributed by atoms with van der Waals surface area (Å²) < 4.78 is 7.08. The van der Waals surface area contributed by atoms with Gasteiger partial charge in [0.25, 0.3) is 5.71 Å². The van der Waals surface area contributed by atoms with Crippen LogP contribution in [0.2, 0.25) is 0 Å². The summed E-state index contributed by atoms with van der Waals surface area (Å²) in [6, 6.07) is 2.18. The Bertz CT molecular complexity index is 745. The van der Waals surface area contributed by atoms with Gasteiger partial charge in [-0.05, 0) is 30.9 Å². The molecule has 0 aromatic heterocycles. The number of fused-ring (bicyclic) bond motifs is 1. The number of rotatable bonds is 0. The normalized spacial score (nSPS) is 24.9. The lowest BCUT2D eigenvalue weighted by Gasteiger charge is -2.18. The fourth-order valence-corrected chi connectivity index (χ4v) is 3.08. The third-order valence-electron chi connectivity index (χ3n) is 4.45. The summed E-state index contributed by atoms with van der Waals surface area (Å²) >= 11 is 0. The second-order valence-corrected chi connectivity index (χ2v) is 6.07. The monoisotopic (exact) mass is 323 g/mol. The predicted octanol–water partition coefficient (Wildman–Crippen LogP) is 3.14. The molecule has 24 heavy (non-hydrogen) atoms. The van der Waals surface area contributed by atoms with Crippen LogP contribution in [0.5, 0.6) is 0 Å². The summed E-state index contributed by atoms with van der Waals surface area (Å²) in [7, 11) is 1.89. The molecule has 3 aliphatic rings. The van der Waals surface area contributed by atoms with Crippen molar-refractivity contribution in [2.75, 3.05) is 13.7 Å². The van der Waals surface area contributed by atoms with E-state index in [1.165, 1.54) is 0 Å². The van der Waals surface area contributed by atoms with Gasteiger partial charge < -0.3 is 4.74 Å². The molecule has 5 nitrogen and oxygen atoms in total. The van der Waals surface area contributed by atoms with Crippen molar-refractivity contribution in [3.63, 3.8) is 0 Å². The highest BCUT2D eigenvalue weighted by molar-refractivity contribution is 6.05. The molecular weight excluding hydrogens is 302 g/mol. The maximum Gasteiger partial charge on any atom is 0.411 e. The quantitative estimate of drug-likeness (QED) is 0.697. The highest BCUT2D eigenvalue weighted by atomic mass is 16.5. The fraction of sp³-hybridized carbons (Fsp3) is 0.368. The minimum atomic E-state index is -0.392. The molecule has 0 bridgehead atoms. The molecule has 1 saturated heterocycles. The van der Waals surface area contributed by atoms with Crippen molar-refractivity contribution < 1.29 is 14.1 Å². The van der Waals surface area contributed by atoms with Gasteiger partial charge in [0.05, 0.1) is 6.61 Å². The van der Waals surface area contributed by atoms with Gasteiger partial charge in [-0.2, -0.15) is 9.84 Å². The predicted molar refractivity (Wildman–Crippen MR) is 91.0 cm³/mol. The summed E-state index contributed by atoms with van der Waals surface area (Å²) in [5.41, 5.74) is 4.57. The van der Waals surface area contributed by atoms with Crippen molar-refractivity contribution in [1.29, 1.82) is 5.26 Å². The van der Waals surface area contributed by atoms with Gasteiger partial charge in [-0.15, -0.1) is 0 Å². The van der Waals surface area contributed by atoms with Crippen LogP contribution >= 0.6 is 0 Å². The molecule has 1 radical (unpaired) electrons. The van der Waals surface area contributed by atoms with Crippen LogP contribution in [0, 0.1) is 17.8 Å². The van der Waals surface area contributed by atoms with E-state index >= 15 is 0 Å². The number of nitriles is 1. The van der Waals surface area contributed by atoms with E-state index in [0.717, 1.165) is 54.6 Å². The molecule has 0 saturated carbocycles. The van der Waals surface area contributed by atoms with Crippen molar-refractivity contribution >= 4 is 11.8 Å². The lowest BCUT2D eigenvalue weighted by Crippen LogP contribution is -2.26. The van der Waals surface area contributed by atoms with Crippen molar-refractivity contribution in [2.24, 2.45) is 0 Å². The van der Waals surface area contributed by atoms with E-state index in [4.69, 9.17) is 10.00 Å². The van der Waals surface area contributed by atoms with Crippen molar-refractivity contribution in [2.45, 2.75) is 32.1 Å². The highest BCUT2D eigenvalue weighted by Gasteiger charge is 2.24. The lowest BCUT2D eigenvalue weighted by molar-refractivity contribution is -0.433. The Labute approximate surface area is 142 Å². The Balaban J connectivity index is 1.89. The Kier molecular flexibility index (Phi) is 4.95. The van der Waals surface area contributed by atoms with Crippen LogP contribution in [-0.2, 0) is 4.74 Å². The molecule has 0 aromatic rings. The van der Waals surface area contributed by atoms with Crippen LogP contribution < -0.4 is 5.32 Å². The zero-order valence-electron chi connectivity index (χ0n) is 13.8. The number of carbonyl (C=O) groups is 1. The zero-order valence-corrected chi connectivity index (χ0v) is 13.8. The van der Waals surface area contributed by atoms with E-state index in [1.807, 2.05) is 36.3 Å². The molecule has 2 aliphatic heterocycles. The summed E-state index contributed by atoms with van der Waals surface area (Å²) in [6.45, 7) is 0.472. The zero-order chi connectivity index (χ0) is 16.9. The van der Waals surface area contributed by atoms with E-state index in [2.05, 4.69) is 17.5 Å². The highest BCUT2D eigenvalue weighted by Crippen LogP contribution is 2.28. The fourth-order valence-electron chi connectivity index (χ4n) is 3.08. The molecule has 3 rings (SSSR count). The van der Waals surface area contributed by atoms with E-state index in [-0.39, 0.29) is 0 Å². The Hall–Kier alpha value is -2.61. The second kappa shape index (κ2) is 7.31. The van der Waals surface area contributed by atoms with Crippen LogP contribution in [0.15, 0.2) is 46.8 Å². The van der Waals surface area contributed by atoms with Gasteiger partial charge >= 0.3 is 6.09 Å². The molecule has 5 heteroatoms. The molecular formula is C19H21N3O2+. The minimum absolute atomic E-state index is 0.392. The van der Waals surface area contributed by atoms with Gasteiger partial charge in [0, 0.05) is 29.8 Å². The average molecular weight is 323 g/mol. The summed E-state index contributed by atoms with van der Waals surface area (Å²) in [5, 5.41) is 12.0. The number of hydrogen-bond donors (Lipinski definition) is 1. The molecule has 0 atom stereocenters. The van der Waals surface area contributed by atoms with Crippen molar-refractivity contribution in [3.8, 4) is 6.07 Å². The topological polar surface area (TPSA) is 65.1 Å². The average Bonchev–Trinajstić information content (AvgIpc) is 2.93. The number of carbonyl (C=O) groups excluding carboxylic acids is 1. The first-order valence-electron chi connectivity index (χ1n) is 8.32. The molecule has 1 aliphatic carbocycles. The third kappa shape index (κ3) is 3.48. The van der Waals surface area contributed by atoms with Gasteiger partial charge in [0.15, 0.2) is 6.07 Å². The van der Waals surface area contributed by atoms with Gasteiger partial charge in [-0.1, -0.05) is 18.9 Å². The molecule has 0 spiro atoms. The van der Waals surface area contributed by atoms with Crippen LogP contribution in [0.3, 0.4) is 0 Å². The number of cyclic esters (lactones) is 1. The standard InChI is InChI=1S/C19H20N3O2/c1-22-16(13-20)8-10-18(22)15-7-9-17-14(12-15)6-4-2-3-5-11-24-19(23)21-17/h7-10,12H,2-6,11H2,1H3/p+1/b18-15+. The van der Waals surface area contributed by atoms with Crippen LogP contribution in [0.25, 0.3) is 0 Å². The molecule has 2 heterocycles. The van der Waals surface area contributed by atoms with E-state index in [9.17, 15) is 4.79 Å². The lowest BCUT2D eigenvalue weighted by atomic mass is 9.93. The number of allylic oxidation sites excluding steroid dienone is 6. The summed E-state index contributed by atoms with van der Waals surface area (Å²) in [6.07, 6.45) is 14.5. The molecule has 0 aromatic carbocycles. The number of ether oxygens (including phenoxy) is 1. The number of nitrogens with zero attached hydrogens (tertiary/aromatic N) is 2. The number of likely N-dealkylation sites (N-methyl/N-ethyl adjacent to an activating group) is 1. The summed E-state index contributed by atoms with van der Waals surface area (Å²) in [4.78, 5) is 11.9. The SMILES string of the molecule is C[N+]1=C(C#N)C=C/C1=C1/[CH]C=C2NC(=O)OCCCCCCC2=C1. The second-order valence-electron chi connectivity index (χ2n) is 6.07. The Morgan fingerprint density at radius 3 is 2.88 bits per heavy atom. The Morgan fingerprint density at radius 1 is 1.25 bits per heavy atom. The largest absolute Gasteiger partial charge is 0.449 e. The molecule has 0 unspecified atom stereocenters. The van der Waals surface area contributed by atoms with Crippen molar-refractivity contribution in [3.05, 3.63) is 53.3 Å². The summed E-state index contributed by atoms with van der Waals surface area (Å²) in [5.74, 6) is 0. The van der Waals surface area contributed by atoms with E-state index < -0.39 is 6.09 Å². The van der Waals surface area contributed by atoms with Gasteiger partial charge in [-0.3, -0.25) is 5.32 Å². The van der Waals surface area contributed by atoms with E-state index in [1.54, 1.807) is 0 Å². The number of alkyl carbamates (subject to hydrolysis) is 1. The van der Waals surface area contributed by atoms with Gasteiger partial charge in [-0.25, -0.2) is 4.79 Å². The third-order valence-corrected chi connectivity index (χ3v) is 4.45. The van der Waals surface area contributed by atoms with Crippen LogP contribution in [-0.4, -0.2) is 30.0 Å². The van der Waals surface area contributed by atoms with Crippen molar-refractivity contribution in [1.82, 2.24) is 5.32 Å². The smallest absolute Gasteiger partial charge is 0.411 e. The molecule has 123 valence electrons. The first kappa shape index (κ1) is 16.3. The maximum atomic E-state index is 11.9. The first-order chi connectivity index (χ1) is 11.7. The molecule has 1 N–H and O–H groups in total. The minimum Gasteiger partial charge on any atom is -0.449 e. The molecule has 1 amide bonds. The van der Waals surface area contributed by atoms with Gasteiger partial charge in [0.1, 0.15) is 7.05 Å². The number of hydrogen-bond acceptors (Lipinski definition) is 3. The number of amides is 1. The Morgan fingerprint density at radius 2 is 2.08 bits per heavy atom. The maximum absolute atomic E-state index is 11.9. The first-order valence-corrected chi connectivity index (χ1v) is 8.32. The van der Waals surface area contributed by atoms with E-state index in [0.29, 0.717) is 12.3 Å². The van der Waals surface area contributed by atoms with Crippen LogP contribution in [0.4, 0.5) is 4.79 Å².